The number of hydrogen-bond acceptors (Lipinski definition) is 3. The summed E-state index contributed by atoms with van der Waals surface area (Å²) in [5, 5.41) is 6.64. The maximum absolute atomic E-state index is 11.7. The van der Waals surface area contributed by atoms with Gasteiger partial charge < -0.3 is 10.2 Å². The highest BCUT2D eigenvalue weighted by Crippen LogP contribution is 2.27. The molecule has 0 bridgehead atoms. The molecular weight excluding hydrogens is 216 g/mol. The monoisotopic (exact) mass is 232 g/mol. The van der Waals surface area contributed by atoms with Crippen molar-refractivity contribution in [2.24, 2.45) is 5.16 Å². The molecule has 0 aromatic heterocycles. The fourth-order valence-corrected chi connectivity index (χ4v) is 1.75. The van der Waals surface area contributed by atoms with Crippen molar-refractivity contribution in [3.63, 3.8) is 0 Å². The SMILES string of the molecule is CCO/N=C1\C(=O)Nc2ccc(C(C)C)cc21. The van der Waals surface area contributed by atoms with Crippen molar-refractivity contribution >= 4 is 17.3 Å². The predicted molar refractivity (Wildman–Crippen MR) is 67.3 cm³/mol. The lowest BCUT2D eigenvalue weighted by Crippen LogP contribution is -2.14. The Morgan fingerprint density at radius 3 is 2.82 bits per heavy atom. The van der Waals surface area contributed by atoms with Crippen LogP contribution in [0.2, 0.25) is 0 Å². The highest BCUT2D eigenvalue weighted by Gasteiger charge is 2.27. The lowest BCUT2D eigenvalue weighted by Gasteiger charge is -2.06. The zero-order valence-electron chi connectivity index (χ0n) is 10.3. The first kappa shape index (κ1) is 11.6. The van der Waals surface area contributed by atoms with E-state index in [9.17, 15) is 4.79 Å². The molecule has 0 fully saturated rings. The molecule has 1 aromatic carbocycles. The van der Waals surface area contributed by atoms with Crippen molar-refractivity contribution in [1.82, 2.24) is 0 Å². The summed E-state index contributed by atoms with van der Waals surface area (Å²) in [5.41, 5.74) is 3.18. The van der Waals surface area contributed by atoms with Gasteiger partial charge in [0.05, 0.1) is 5.69 Å². The normalized spacial score (nSPS) is 16.2. The molecule has 0 aliphatic carbocycles. The minimum absolute atomic E-state index is 0.200. The maximum Gasteiger partial charge on any atom is 0.278 e. The Kier molecular flexibility index (Phi) is 3.13. The van der Waals surface area contributed by atoms with Crippen molar-refractivity contribution in [3.05, 3.63) is 29.3 Å². The number of amides is 1. The average Bonchev–Trinajstić information content (AvgIpc) is 2.61. The molecule has 0 atom stereocenters. The summed E-state index contributed by atoms with van der Waals surface area (Å²) in [6.07, 6.45) is 0. The second-order valence-corrected chi connectivity index (χ2v) is 4.27. The van der Waals surface area contributed by atoms with E-state index in [0.717, 1.165) is 11.3 Å². The van der Waals surface area contributed by atoms with Gasteiger partial charge in [-0.05, 0) is 30.5 Å². The van der Waals surface area contributed by atoms with Crippen LogP contribution in [-0.2, 0) is 9.63 Å². The Balaban J connectivity index is 2.43. The van der Waals surface area contributed by atoms with E-state index in [2.05, 4.69) is 24.3 Å². The first-order valence-electron chi connectivity index (χ1n) is 5.79. The van der Waals surface area contributed by atoms with Gasteiger partial charge >= 0.3 is 0 Å². The topological polar surface area (TPSA) is 50.7 Å². The molecule has 1 aliphatic rings. The Morgan fingerprint density at radius 1 is 1.41 bits per heavy atom. The van der Waals surface area contributed by atoms with Crippen LogP contribution >= 0.6 is 0 Å². The number of rotatable bonds is 3. The second-order valence-electron chi connectivity index (χ2n) is 4.27. The Labute approximate surface area is 101 Å². The summed E-state index contributed by atoms with van der Waals surface area (Å²) in [4.78, 5) is 16.7. The quantitative estimate of drug-likeness (QED) is 0.814. The standard InChI is InChI=1S/C13H16N2O2/c1-4-17-15-12-10-7-9(8(2)3)5-6-11(10)14-13(12)16/h5-8H,4H2,1-3H3,(H,14,15,16). The summed E-state index contributed by atoms with van der Waals surface area (Å²) in [5.74, 6) is 0.221. The van der Waals surface area contributed by atoms with E-state index in [1.807, 2.05) is 25.1 Å². The minimum Gasteiger partial charge on any atom is -0.395 e. The van der Waals surface area contributed by atoms with Crippen LogP contribution in [0.5, 0.6) is 0 Å². The van der Waals surface area contributed by atoms with Gasteiger partial charge in [-0.3, -0.25) is 4.79 Å². The van der Waals surface area contributed by atoms with E-state index < -0.39 is 0 Å². The van der Waals surface area contributed by atoms with E-state index in [4.69, 9.17) is 4.84 Å². The number of oxime groups is 1. The van der Waals surface area contributed by atoms with Crippen molar-refractivity contribution in [2.75, 3.05) is 11.9 Å². The lowest BCUT2D eigenvalue weighted by atomic mass is 9.99. The first-order chi connectivity index (χ1) is 8.13. The van der Waals surface area contributed by atoms with Gasteiger partial charge in [-0.2, -0.15) is 0 Å². The van der Waals surface area contributed by atoms with Gasteiger partial charge in [-0.15, -0.1) is 0 Å². The summed E-state index contributed by atoms with van der Waals surface area (Å²) >= 11 is 0. The average molecular weight is 232 g/mol. The Morgan fingerprint density at radius 2 is 2.18 bits per heavy atom. The van der Waals surface area contributed by atoms with Crippen molar-refractivity contribution < 1.29 is 9.63 Å². The van der Waals surface area contributed by atoms with E-state index >= 15 is 0 Å². The van der Waals surface area contributed by atoms with Gasteiger partial charge in [0.15, 0.2) is 5.71 Å². The highest BCUT2D eigenvalue weighted by atomic mass is 16.6. The number of carbonyl (C=O) groups excluding carboxylic acids is 1. The van der Waals surface area contributed by atoms with Crippen LogP contribution < -0.4 is 5.32 Å². The molecule has 1 amide bonds. The molecule has 4 nitrogen and oxygen atoms in total. The van der Waals surface area contributed by atoms with Gasteiger partial charge in [-0.1, -0.05) is 25.1 Å². The van der Waals surface area contributed by atoms with Crippen LogP contribution in [0, 0.1) is 0 Å². The molecule has 0 radical (unpaired) electrons. The zero-order chi connectivity index (χ0) is 12.4. The molecule has 17 heavy (non-hydrogen) atoms. The van der Waals surface area contributed by atoms with Gasteiger partial charge in [0.2, 0.25) is 0 Å². The van der Waals surface area contributed by atoms with Gasteiger partial charge in [0, 0.05) is 5.56 Å². The molecule has 1 aliphatic heterocycles. The van der Waals surface area contributed by atoms with Gasteiger partial charge in [0.25, 0.3) is 5.91 Å². The molecule has 2 rings (SSSR count). The molecule has 1 heterocycles. The van der Waals surface area contributed by atoms with E-state index in [1.54, 1.807) is 0 Å². The second kappa shape index (κ2) is 4.57. The summed E-state index contributed by atoms with van der Waals surface area (Å²) in [6.45, 7) is 6.52. The van der Waals surface area contributed by atoms with Crippen molar-refractivity contribution in [1.29, 1.82) is 0 Å². The van der Waals surface area contributed by atoms with Crippen LogP contribution in [-0.4, -0.2) is 18.2 Å². The summed E-state index contributed by atoms with van der Waals surface area (Å²) in [6, 6.07) is 5.93. The van der Waals surface area contributed by atoms with E-state index in [1.165, 1.54) is 5.56 Å². The van der Waals surface area contributed by atoms with Crippen molar-refractivity contribution in [3.8, 4) is 0 Å². The fraction of sp³-hybridized carbons (Fsp3) is 0.385. The molecule has 1 N–H and O–H groups in total. The molecule has 0 saturated carbocycles. The largest absolute Gasteiger partial charge is 0.395 e. The third-order valence-electron chi connectivity index (χ3n) is 2.71. The Bertz CT molecular complexity index is 478. The molecule has 0 saturated heterocycles. The molecule has 1 aromatic rings. The van der Waals surface area contributed by atoms with Crippen LogP contribution in [0.25, 0.3) is 0 Å². The van der Waals surface area contributed by atoms with Crippen LogP contribution in [0.3, 0.4) is 0 Å². The van der Waals surface area contributed by atoms with E-state index in [0.29, 0.717) is 18.2 Å². The third kappa shape index (κ3) is 2.16. The number of hydrogen-bond donors (Lipinski definition) is 1. The van der Waals surface area contributed by atoms with Crippen LogP contribution in [0.1, 0.15) is 37.8 Å². The van der Waals surface area contributed by atoms with Crippen LogP contribution in [0.4, 0.5) is 5.69 Å². The highest BCUT2D eigenvalue weighted by molar-refractivity contribution is 6.53. The van der Waals surface area contributed by atoms with Crippen LogP contribution in [0.15, 0.2) is 23.4 Å². The molecule has 0 spiro atoms. The number of benzene rings is 1. The number of carbonyl (C=O) groups is 1. The molecular formula is C13H16N2O2. The molecule has 0 unspecified atom stereocenters. The number of nitrogens with zero attached hydrogens (tertiary/aromatic N) is 1. The van der Waals surface area contributed by atoms with E-state index in [-0.39, 0.29) is 5.91 Å². The molecule has 4 heteroatoms. The summed E-state index contributed by atoms with van der Waals surface area (Å²) in [7, 11) is 0. The number of anilines is 1. The smallest absolute Gasteiger partial charge is 0.278 e. The van der Waals surface area contributed by atoms with Gasteiger partial charge in [0.1, 0.15) is 6.61 Å². The zero-order valence-corrected chi connectivity index (χ0v) is 10.3. The molecule has 90 valence electrons. The Hall–Kier alpha value is -1.84. The maximum atomic E-state index is 11.7. The summed E-state index contributed by atoms with van der Waals surface area (Å²) < 4.78 is 0. The first-order valence-corrected chi connectivity index (χ1v) is 5.79. The van der Waals surface area contributed by atoms with Gasteiger partial charge in [-0.25, -0.2) is 0 Å². The number of nitrogens with one attached hydrogen (secondary N) is 1. The lowest BCUT2D eigenvalue weighted by molar-refractivity contribution is -0.110. The van der Waals surface area contributed by atoms with Crippen molar-refractivity contribution in [2.45, 2.75) is 26.7 Å². The fourth-order valence-electron chi connectivity index (χ4n) is 1.75. The third-order valence-corrected chi connectivity index (χ3v) is 2.71. The number of fused-ring (bicyclic) bond motifs is 1. The predicted octanol–water partition coefficient (Wildman–Crippen LogP) is 2.50. The minimum atomic E-state index is -0.200.